The molecule has 4 aromatic rings. The summed E-state index contributed by atoms with van der Waals surface area (Å²) in [5, 5.41) is 0. The quantitative estimate of drug-likeness (QED) is 0.278. The lowest BCUT2D eigenvalue weighted by atomic mass is 9.83. The van der Waals surface area contributed by atoms with E-state index in [4.69, 9.17) is 9.47 Å². The number of ether oxygens (including phenoxy) is 2. The van der Waals surface area contributed by atoms with Crippen molar-refractivity contribution in [1.29, 1.82) is 0 Å². The number of carbonyl (C=O) groups is 4. The van der Waals surface area contributed by atoms with Gasteiger partial charge in [0, 0.05) is 0 Å². The van der Waals surface area contributed by atoms with Gasteiger partial charge in [-0.05, 0) is 22.3 Å². The fourth-order valence-electron chi connectivity index (χ4n) is 4.95. The number of esters is 4. The van der Waals surface area contributed by atoms with E-state index in [1.54, 1.807) is 0 Å². The van der Waals surface area contributed by atoms with Crippen LogP contribution in [0.5, 0.6) is 0 Å². The van der Waals surface area contributed by atoms with E-state index in [9.17, 15) is 19.2 Å². The van der Waals surface area contributed by atoms with Crippen LogP contribution >= 0.6 is 0 Å². The molecule has 0 N–H and O–H groups in total. The van der Waals surface area contributed by atoms with Crippen LogP contribution in [0.4, 0.5) is 0 Å². The topological polar surface area (TPSA) is 86.7 Å². The van der Waals surface area contributed by atoms with Crippen LogP contribution in [0.1, 0.15) is 45.9 Å². The molecule has 0 amide bonds. The minimum atomic E-state index is -0.545. The molecule has 0 bridgehead atoms. The molecule has 4 aromatic carbocycles. The van der Waals surface area contributed by atoms with Crippen LogP contribution in [0.25, 0.3) is 0 Å². The maximum absolute atomic E-state index is 11.9. The Labute approximate surface area is 219 Å². The first kappa shape index (κ1) is 24.8. The van der Waals surface area contributed by atoms with Gasteiger partial charge in [0.05, 0.1) is 23.7 Å². The Hall–Kier alpha value is -4.84. The first-order valence-electron chi connectivity index (χ1n) is 12.3. The summed E-state index contributed by atoms with van der Waals surface area (Å²) in [5.41, 5.74) is 3.25. The van der Waals surface area contributed by atoms with Gasteiger partial charge in [0.15, 0.2) is 0 Å². The van der Waals surface area contributed by atoms with Crippen molar-refractivity contribution in [1.82, 2.24) is 0 Å². The van der Waals surface area contributed by atoms with Gasteiger partial charge in [0.2, 0.25) is 0 Å². The molecule has 2 aliphatic heterocycles. The maximum atomic E-state index is 11.9. The normalized spacial score (nSPS) is 22.3. The predicted molar refractivity (Wildman–Crippen MR) is 139 cm³/mol. The number of benzene rings is 4. The summed E-state index contributed by atoms with van der Waals surface area (Å²) in [4.78, 5) is 47.7. The molecule has 2 fully saturated rings. The molecule has 6 rings (SSSR count). The second-order valence-electron chi connectivity index (χ2n) is 9.03. The Morgan fingerprint density at radius 2 is 0.500 bits per heavy atom. The predicted octanol–water partition coefficient (Wildman–Crippen LogP) is 5.27. The first-order valence-corrected chi connectivity index (χ1v) is 12.3. The number of carbonyl (C=O) groups excluding carboxylic acids is 4. The lowest BCUT2D eigenvalue weighted by molar-refractivity contribution is -0.154. The molecule has 2 aliphatic rings. The molecule has 0 aliphatic carbocycles. The summed E-state index contributed by atoms with van der Waals surface area (Å²) in [6, 6.07) is 37.1. The Morgan fingerprint density at radius 3 is 0.684 bits per heavy atom. The van der Waals surface area contributed by atoms with Crippen molar-refractivity contribution in [2.24, 2.45) is 0 Å². The van der Waals surface area contributed by atoms with Crippen molar-refractivity contribution < 1.29 is 28.7 Å². The van der Waals surface area contributed by atoms with Crippen molar-refractivity contribution in [2.45, 2.75) is 23.7 Å². The van der Waals surface area contributed by atoms with Crippen molar-refractivity contribution in [3.8, 4) is 0 Å². The molecule has 0 saturated carbocycles. The summed E-state index contributed by atoms with van der Waals surface area (Å²) in [7, 11) is 0. The smallest absolute Gasteiger partial charge is 0.322 e. The van der Waals surface area contributed by atoms with E-state index >= 15 is 0 Å². The van der Waals surface area contributed by atoms with Crippen LogP contribution in [0.2, 0.25) is 0 Å². The van der Waals surface area contributed by atoms with Gasteiger partial charge >= 0.3 is 23.9 Å². The largest absolute Gasteiger partial charge is 0.392 e. The van der Waals surface area contributed by atoms with Gasteiger partial charge in [-0.25, -0.2) is 0 Å². The lowest BCUT2D eigenvalue weighted by Crippen LogP contribution is -2.14. The van der Waals surface area contributed by atoms with Crippen LogP contribution in [0.3, 0.4) is 0 Å². The van der Waals surface area contributed by atoms with Crippen LogP contribution in [0, 0.1) is 0 Å². The fraction of sp³-hybridized carbons (Fsp3) is 0.125. The Kier molecular flexibility index (Phi) is 7.22. The zero-order chi connectivity index (χ0) is 26.5. The molecule has 6 heteroatoms. The van der Waals surface area contributed by atoms with Crippen molar-refractivity contribution >= 4 is 23.9 Å². The van der Waals surface area contributed by atoms with E-state index in [2.05, 4.69) is 0 Å². The molecule has 6 nitrogen and oxygen atoms in total. The third kappa shape index (κ3) is 5.02. The van der Waals surface area contributed by atoms with E-state index in [1.165, 1.54) is 0 Å². The van der Waals surface area contributed by atoms with Crippen LogP contribution in [-0.4, -0.2) is 23.9 Å². The van der Waals surface area contributed by atoms with E-state index in [0.29, 0.717) is 0 Å². The summed E-state index contributed by atoms with van der Waals surface area (Å²) in [6.07, 6.45) is 0. The standard InChI is InChI=1S/2C16H12O3/c2*17-15-13(11-7-3-1-4-8-11)14(16(18)19-15)12-9-5-2-6-10-12/h2*1-10,13-14H/t2*13-,14-/m10/s1. The Balaban J connectivity index is 0.000000155. The van der Waals surface area contributed by atoms with E-state index in [0.717, 1.165) is 22.3 Å². The molecular formula is C32H24O6. The Bertz CT molecular complexity index is 1210. The Morgan fingerprint density at radius 1 is 0.316 bits per heavy atom. The monoisotopic (exact) mass is 504 g/mol. The number of cyclic esters (lactones) is 4. The average Bonchev–Trinajstić information content (AvgIpc) is 3.43. The second-order valence-corrected chi connectivity index (χ2v) is 9.03. The minimum Gasteiger partial charge on any atom is -0.392 e. The number of rotatable bonds is 4. The average molecular weight is 505 g/mol. The molecule has 4 atom stereocenters. The minimum absolute atomic E-state index is 0.468. The third-order valence-corrected chi connectivity index (χ3v) is 6.72. The SMILES string of the molecule is O=C1OC(=O)[C@@H](c2ccccc2)[C@@H]1c1ccccc1.O=C1OC(=O)[C@H](c2ccccc2)[C@H]1c1ccccc1. The van der Waals surface area contributed by atoms with Crippen LogP contribution in [0.15, 0.2) is 121 Å². The summed E-state index contributed by atoms with van der Waals surface area (Å²) in [5.74, 6) is -4.05. The number of hydrogen-bond acceptors (Lipinski definition) is 6. The van der Waals surface area contributed by atoms with Crippen molar-refractivity contribution in [3.63, 3.8) is 0 Å². The molecule has 2 saturated heterocycles. The van der Waals surface area contributed by atoms with Gasteiger partial charge in [-0.1, -0.05) is 121 Å². The highest BCUT2D eigenvalue weighted by atomic mass is 16.6. The third-order valence-electron chi connectivity index (χ3n) is 6.72. The summed E-state index contributed by atoms with van der Waals surface area (Å²) >= 11 is 0. The molecule has 0 unspecified atom stereocenters. The summed E-state index contributed by atoms with van der Waals surface area (Å²) < 4.78 is 9.63. The van der Waals surface area contributed by atoms with Gasteiger partial charge < -0.3 is 9.47 Å². The number of hydrogen-bond donors (Lipinski definition) is 0. The van der Waals surface area contributed by atoms with E-state index < -0.39 is 47.5 Å². The summed E-state index contributed by atoms with van der Waals surface area (Å²) in [6.45, 7) is 0. The van der Waals surface area contributed by atoms with E-state index in [1.807, 2.05) is 121 Å². The zero-order valence-electron chi connectivity index (χ0n) is 20.3. The highest BCUT2D eigenvalue weighted by Gasteiger charge is 2.46. The highest BCUT2D eigenvalue weighted by Crippen LogP contribution is 2.41. The van der Waals surface area contributed by atoms with Crippen molar-refractivity contribution in [2.75, 3.05) is 0 Å². The molecule has 0 spiro atoms. The molecule has 0 radical (unpaired) electrons. The van der Waals surface area contributed by atoms with E-state index in [-0.39, 0.29) is 0 Å². The van der Waals surface area contributed by atoms with Gasteiger partial charge in [-0.15, -0.1) is 0 Å². The highest BCUT2D eigenvalue weighted by molar-refractivity contribution is 6.03. The van der Waals surface area contributed by atoms with Crippen LogP contribution in [-0.2, 0) is 28.7 Å². The van der Waals surface area contributed by atoms with Gasteiger partial charge in [0.25, 0.3) is 0 Å². The van der Waals surface area contributed by atoms with Gasteiger partial charge in [0.1, 0.15) is 0 Å². The molecule has 0 aromatic heterocycles. The first-order chi connectivity index (χ1) is 18.5. The van der Waals surface area contributed by atoms with Crippen LogP contribution < -0.4 is 0 Å². The molecule has 188 valence electrons. The van der Waals surface area contributed by atoms with Crippen molar-refractivity contribution in [3.05, 3.63) is 144 Å². The molecular weight excluding hydrogens is 480 g/mol. The maximum Gasteiger partial charge on any atom is 0.322 e. The molecule has 2 heterocycles. The fourth-order valence-corrected chi connectivity index (χ4v) is 4.95. The zero-order valence-corrected chi connectivity index (χ0v) is 20.3. The van der Waals surface area contributed by atoms with Gasteiger partial charge in [-0.3, -0.25) is 19.2 Å². The molecule has 38 heavy (non-hydrogen) atoms. The van der Waals surface area contributed by atoms with Gasteiger partial charge in [-0.2, -0.15) is 0 Å². The lowest BCUT2D eigenvalue weighted by Gasteiger charge is -2.14. The second kappa shape index (κ2) is 11.0.